The highest BCUT2D eigenvalue weighted by molar-refractivity contribution is 9.13. The van der Waals surface area contributed by atoms with Gasteiger partial charge in [-0.25, -0.2) is 4.79 Å². The Kier molecular flexibility index (Phi) is 5.00. The van der Waals surface area contributed by atoms with Crippen LogP contribution in [0.4, 0.5) is 5.69 Å². The van der Waals surface area contributed by atoms with Crippen LogP contribution in [0.5, 0.6) is 0 Å². The summed E-state index contributed by atoms with van der Waals surface area (Å²) in [5.41, 5.74) is 1.34. The largest absolute Gasteiger partial charge is 0.465 e. The number of aryl methyl sites for hydroxylation is 1. The predicted octanol–water partition coefficient (Wildman–Crippen LogP) is 4.68. The van der Waals surface area contributed by atoms with Crippen LogP contribution in [0, 0.1) is 6.92 Å². The summed E-state index contributed by atoms with van der Waals surface area (Å²) in [5.74, 6) is -0.708. The van der Waals surface area contributed by atoms with E-state index in [0.717, 1.165) is 13.8 Å². The zero-order valence-corrected chi connectivity index (χ0v) is 15.3. The zero-order valence-electron chi connectivity index (χ0n) is 10.5. The maximum Gasteiger partial charge on any atom is 0.350 e. The average molecular weight is 439 g/mol. The molecular formula is C12H9Br2NO3S2. The highest BCUT2D eigenvalue weighted by Crippen LogP contribution is 2.34. The first kappa shape index (κ1) is 15.7. The molecule has 2 aromatic rings. The molecule has 0 aliphatic rings. The fourth-order valence-electron chi connectivity index (χ4n) is 1.48. The van der Waals surface area contributed by atoms with E-state index in [1.807, 2.05) is 12.3 Å². The normalized spacial score (nSPS) is 10.4. The molecule has 0 fully saturated rings. The molecule has 106 valence electrons. The second kappa shape index (κ2) is 6.38. The second-order valence-corrected chi connectivity index (χ2v) is 7.90. The van der Waals surface area contributed by atoms with Gasteiger partial charge in [-0.15, -0.1) is 22.7 Å². The summed E-state index contributed by atoms with van der Waals surface area (Å²) in [5, 5.41) is 4.58. The molecule has 0 atom stereocenters. The van der Waals surface area contributed by atoms with Crippen LogP contribution in [0.15, 0.2) is 19.7 Å². The number of anilines is 1. The van der Waals surface area contributed by atoms with Crippen LogP contribution >= 0.6 is 54.5 Å². The van der Waals surface area contributed by atoms with Crippen molar-refractivity contribution in [2.24, 2.45) is 0 Å². The molecule has 0 bridgehead atoms. The monoisotopic (exact) mass is 437 g/mol. The molecule has 8 heteroatoms. The predicted molar refractivity (Wildman–Crippen MR) is 88.1 cm³/mol. The van der Waals surface area contributed by atoms with Gasteiger partial charge in [-0.3, -0.25) is 4.79 Å². The van der Waals surface area contributed by atoms with Crippen LogP contribution in [-0.4, -0.2) is 19.0 Å². The molecule has 0 saturated heterocycles. The molecule has 0 saturated carbocycles. The molecule has 0 radical (unpaired) electrons. The van der Waals surface area contributed by atoms with E-state index in [1.54, 1.807) is 6.07 Å². The highest BCUT2D eigenvalue weighted by atomic mass is 79.9. The molecule has 2 heterocycles. The topological polar surface area (TPSA) is 55.4 Å². The number of hydrogen-bond donors (Lipinski definition) is 1. The summed E-state index contributed by atoms with van der Waals surface area (Å²) in [4.78, 5) is 24.8. The minimum absolute atomic E-state index is 0.256. The van der Waals surface area contributed by atoms with Crippen molar-refractivity contribution in [2.45, 2.75) is 6.92 Å². The lowest BCUT2D eigenvalue weighted by Crippen LogP contribution is -2.13. The van der Waals surface area contributed by atoms with E-state index in [-0.39, 0.29) is 5.91 Å². The van der Waals surface area contributed by atoms with Crippen molar-refractivity contribution in [3.05, 3.63) is 35.0 Å². The molecular weight excluding hydrogens is 430 g/mol. The molecule has 1 N–H and O–H groups in total. The molecule has 2 rings (SSSR count). The Balaban J connectivity index is 2.28. The Morgan fingerprint density at radius 2 is 2.05 bits per heavy atom. The smallest absolute Gasteiger partial charge is 0.350 e. The number of carbonyl (C=O) groups excluding carboxylic acids is 2. The van der Waals surface area contributed by atoms with E-state index in [1.165, 1.54) is 29.8 Å². The van der Waals surface area contributed by atoms with Gasteiger partial charge >= 0.3 is 5.97 Å². The summed E-state index contributed by atoms with van der Waals surface area (Å²) in [6.07, 6.45) is 0. The third-order valence-corrected chi connectivity index (χ3v) is 6.79. The average Bonchev–Trinajstić information content (AvgIpc) is 2.94. The van der Waals surface area contributed by atoms with E-state index < -0.39 is 5.97 Å². The molecule has 0 aliphatic heterocycles. The van der Waals surface area contributed by atoms with Gasteiger partial charge in [-0.2, -0.15) is 0 Å². The molecule has 4 nitrogen and oxygen atoms in total. The molecule has 0 spiro atoms. The van der Waals surface area contributed by atoms with Crippen molar-refractivity contribution in [3.8, 4) is 0 Å². The number of nitrogens with one attached hydrogen (secondary N) is 1. The Bertz CT molecular complexity index is 659. The van der Waals surface area contributed by atoms with Crippen LogP contribution in [0.2, 0.25) is 0 Å². The molecule has 0 unspecified atom stereocenters. The molecule has 0 aliphatic carbocycles. The maximum atomic E-state index is 12.2. The van der Waals surface area contributed by atoms with Crippen molar-refractivity contribution < 1.29 is 14.3 Å². The number of thiophene rings is 2. The third-order valence-electron chi connectivity index (χ3n) is 2.45. The Hall–Kier alpha value is -0.700. The van der Waals surface area contributed by atoms with Gasteiger partial charge in [-0.05, 0) is 55.8 Å². The maximum absolute atomic E-state index is 12.2. The number of ether oxygens (including phenoxy) is 1. The molecule has 2 aromatic heterocycles. The van der Waals surface area contributed by atoms with Gasteiger partial charge in [0, 0.05) is 4.47 Å². The van der Waals surface area contributed by atoms with Gasteiger partial charge in [0.25, 0.3) is 5.91 Å². The van der Waals surface area contributed by atoms with Crippen molar-refractivity contribution in [1.82, 2.24) is 0 Å². The number of halogens is 2. The fourth-order valence-corrected chi connectivity index (χ4v) is 4.33. The zero-order chi connectivity index (χ0) is 14.9. The molecule has 1 amide bonds. The van der Waals surface area contributed by atoms with E-state index in [0.29, 0.717) is 15.4 Å². The standard InChI is InChI=1S/C12H9Br2NO3S2/c1-5-4-19-9(12(17)18-2)8(5)15-11(16)7-3-6(13)10(14)20-7/h3-4H,1-2H3,(H,15,16). The lowest BCUT2D eigenvalue weighted by molar-refractivity contribution is 0.0607. The summed E-state index contributed by atoms with van der Waals surface area (Å²) < 4.78 is 6.38. The van der Waals surface area contributed by atoms with Crippen molar-refractivity contribution >= 4 is 72.1 Å². The lowest BCUT2D eigenvalue weighted by Gasteiger charge is -2.05. The van der Waals surface area contributed by atoms with E-state index in [4.69, 9.17) is 4.74 Å². The van der Waals surface area contributed by atoms with Crippen molar-refractivity contribution in [2.75, 3.05) is 12.4 Å². The SMILES string of the molecule is COC(=O)c1scc(C)c1NC(=O)c1cc(Br)c(Br)s1. The van der Waals surface area contributed by atoms with Crippen LogP contribution in [0.25, 0.3) is 0 Å². The summed E-state index contributed by atoms with van der Waals surface area (Å²) in [7, 11) is 1.32. The quantitative estimate of drug-likeness (QED) is 0.707. The van der Waals surface area contributed by atoms with E-state index >= 15 is 0 Å². The number of rotatable bonds is 3. The minimum atomic E-state index is -0.452. The number of methoxy groups -OCH3 is 1. The van der Waals surface area contributed by atoms with Gasteiger partial charge < -0.3 is 10.1 Å². The molecule has 0 aromatic carbocycles. The Morgan fingerprint density at radius 1 is 1.35 bits per heavy atom. The summed E-state index contributed by atoms with van der Waals surface area (Å²) in [6.45, 7) is 1.83. The highest BCUT2D eigenvalue weighted by Gasteiger charge is 2.20. The van der Waals surface area contributed by atoms with E-state index in [9.17, 15) is 9.59 Å². The summed E-state index contributed by atoms with van der Waals surface area (Å²) >= 11 is 9.25. The minimum Gasteiger partial charge on any atom is -0.465 e. The van der Waals surface area contributed by atoms with Crippen LogP contribution in [-0.2, 0) is 4.74 Å². The first-order valence-corrected chi connectivity index (χ1v) is 8.64. The second-order valence-electron chi connectivity index (χ2n) is 3.80. The number of carbonyl (C=O) groups is 2. The van der Waals surface area contributed by atoms with Crippen molar-refractivity contribution in [3.63, 3.8) is 0 Å². The van der Waals surface area contributed by atoms with Gasteiger partial charge in [-0.1, -0.05) is 0 Å². The van der Waals surface area contributed by atoms with Gasteiger partial charge in [0.2, 0.25) is 0 Å². The Labute approximate surface area is 140 Å². The van der Waals surface area contributed by atoms with Gasteiger partial charge in [0.05, 0.1) is 21.5 Å². The number of esters is 1. The molecule has 20 heavy (non-hydrogen) atoms. The summed E-state index contributed by atoms with van der Waals surface area (Å²) in [6, 6.07) is 1.73. The van der Waals surface area contributed by atoms with E-state index in [2.05, 4.69) is 37.2 Å². The first-order chi connectivity index (χ1) is 9.43. The fraction of sp³-hybridized carbons (Fsp3) is 0.167. The van der Waals surface area contributed by atoms with Crippen molar-refractivity contribution in [1.29, 1.82) is 0 Å². The van der Waals surface area contributed by atoms with Crippen LogP contribution < -0.4 is 5.32 Å². The lowest BCUT2D eigenvalue weighted by atomic mass is 10.2. The van der Waals surface area contributed by atoms with Gasteiger partial charge in [0.1, 0.15) is 4.88 Å². The number of hydrogen-bond acceptors (Lipinski definition) is 5. The van der Waals surface area contributed by atoms with Crippen LogP contribution in [0.3, 0.4) is 0 Å². The van der Waals surface area contributed by atoms with Gasteiger partial charge in [0.15, 0.2) is 0 Å². The van der Waals surface area contributed by atoms with Crippen LogP contribution in [0.1, 0.15) is 24.9 Å². The third kappa shape index (κ3) is 3.13. The Morgan fingerprint density at radius 3 is 2.60 bits per heavy atom. The first-order valence-electron chi connectivity index (χ1n) is 5.36. The number of amides is 1.